The van der Waals surface area contributed by atoms with Crippen molar-refractivity contribution in [1.29, 1.82) is 0 Å². The largest absolute Gasteiger partial charge is 0.474 e. The third-order valence-electron chi connectivity index (χ3n) is 2.27. The summed E-state index contributed by atoms with van der Waals surface area (Å²) in [6, 6.07) is 2.04. The molecule has 1 atom stereocenters. The van der Waals surface area contributed by atoms with Crippen molar-refractivity contribution in [2.75, 3.05) is 7.05 Å². The van der Waals surface area contributed by atoms with Crippen LogP contribution in [0.3, 0.4) is 0 Å². The second-order valence-corrected chi connectivity index (χ2v) is 4.78. The fourth-order valence-corrected chi connectivity index (χ4v) is 1.93. The minimum atomic E-state index is 0.217. The first-order valence-corrected chi connectivity index (χ1v) is 6.42. The summed E-state index contributed by atoms with van der Waals surface area (Å²) in [5.74, 6) is 0.735. The first-order chi connectivity index (χ1) is 7.67. The maximum Gasteiger partial charge on any atom is 0.218 e. The molecule has 1 aromatic rings. The number of ether oxygens (including phenoxy) is 1. The summed E-state index contributed by atoms with van der Waals surface area (Å²) in [4.78, 5) is 4.31. The quantitative estimate of drug-likeness (QED) is 0.872. The van der Waals surface area contributed by atoms with Crippen LogP contribution in [-0.2, 0) is 6.54 Å². The van der Waals surface area contributed by atoms with Gasteiger partial charge in [-0.3, -0.25) is 0 Å². The number of nitrogens with zero attached hydrogens (tertiary/aromatic N) is 1. The van der Waals surface area contributed by atoms with E-state index in [1.54, 1.807) is 6.20 Å². The minimum Gasteiger partial charge on any atom is -0.474 e. The molecule has 0 radical (unpaired) electrons. The van der Waals surface area contributed by atoms with Crippen LogP contribution in [0.4, 0.5) is 0 Å². The molecule has 1 N–H and O–H groups in total. The zero-order chi connectivity index (χ0) is 12.0. The van der Waals surface area contributed by atoms with Crippen LogP contribution in [0.25, 0.3) is 0 Å². The van der Waals surface area contributed by atoms with E-state index in [2.05, 4.69) is 40.1 Å². The molecule has 0 spiro atoms. The average Bonchev–Trinajstić information content (AvgIpc) is 2.23. The second kappa shape index (κ2) is 6.86. The van der Waals surface area contributed by atoms with Crippen LogP contribution in [0.2, 0.25) is 0 Å². The summed E-state index contributed by atoms with van der Waals surface area (Å²) >= 11 is 3.42. The number of rotatable bonds is 6. The summed E-state index contributed by atoms with van der Waals surface area (Å²) < 4.78 is 6.80. The lowest BCUT2D eigenvalue weighted by atomic mass is 10.2. The van der Waals surface area contributed by atoms with Crippen molar-refractivity contribution >= 4 is 15.9 Å². The molecule has 0 fully saturated rings. The number of nitrogens with one attached hydrogen (secondary N) is 1. The highest BCUT2D eigenvalue weighted by Gasteiger charge is 2.09. The number of pyridine rings is 1. The molecule has 0 bridgehead atoms. The van der Waals surface area contributed by atoms with Gasteiger partial charge in [-0.2, -0.15) is 0 Å². The van der Waals surface area contributed by atoms with Gasteiger partial charge in [0.15, 0.2) is 0 Å². The predicted molar refractivity (Wildman–Crippen MR) is 69.7 cm³/mol. The van der Waals surface area contributed by atoms with Crippen LogP contribution in [0, 0.1) is 0 Å². The van der Waals surface area contributed by atoms with Gasteiger partial charge in [0.1, 0.15) is 0 Å². The topological polar surface area (TPSA) is 34.1 Å². The van der Waals surface area contributed by atoms with Crippen molar-refractivity contribution in [3.8, 4) is 5.88 Å². The SMILES string of the molecule is CCCC(C)Oc1ncc(Br)cc1CNC. The summed E-state index contributed by atoms with van der Waals surface area (Å²) in [6.07, 6.45) is 4.16. The van der Waals surface area contributed by atoms with Crippen molar-refractivity contribution in [3.05, 3.63) is 22.3 Å². The molecule has 0 amide bonds. The molecule has 0 saturated heterocycles. The first kappa shape index (κ1) is 13.5. The van der Waals surface area contributed by atoms with E-state index in [4.69, 9.17) is 4.74 Å². The molecule has 0 aliphatic carbocycles. The van der Waals surface area contributed by atoms with Gasteiger partial charge >= 0.3 is 0 Å². The van der Waals surface area contributed by atoms with Gasteiger partial charge in [0.2, 0.25) is 5.88 Å². The van der Waals surface area contributed by atoms with Gasteiger partial charge in [0.25, 0.3) is 0 Å². The van der Waals surface area contributed by atoms with Crippen molar-refractivity contribution < 1.29 is 4.74 Å². The van der Waals surface area contributed by atoms with Gasteiger partial charge < -0.3 is 10.1 Å². The Labute approximate surface area is 106 Å². The van der Waals surface area contributed by atoms with Crippen molar-refractivity contribution in [1.82, 2.24) is 10.3 Å². The van der Waals surface area contributed by atoms with E-state index in [0.717, 1.165) is 35.3 Å². The summed E-state index contributed by atoms with van der Waals surface area (Å²) in [7, 11) is 1.92. The predicted octanol–water partition coefficient (Wildman–Crippen LogP) is 3.13. The third-order valence-corrected chi connectivity index (χ3v) is 2.70. The van der Waals surface area contributed by atoms with Gasteiger partial charge in [-0.1, -0.05) is 13.3 Å². The molecule has 4 heteroatoms. The third kappa shape index (κ3) is 4.10. The van der Waals surface area contributed by atoms with Crippen LogP contribution in [0.1, 0.15) is 32.3 Å². The lowest BCUT2D eigenvalue weighted by molar-refractivity contribution is 0.199. The first-order valence-electron chi connectivity index (χ1n) is 5.63. The standard InChI is InChI=1S/C12H19BrN2O/c1-4-5-9(2)16-12-10(7-14-3)6-11(13)8-15-12/h6,8-9,14H,4-5,7H2,1-3H3. The molecular formula is C12H19BrN2O. The molecule has 1 unspecified atom stereocenters. The molecule has 0 aliphatic heterocycles. The Morgan fingerprint density at radius 1 is 1.56 bits per heavy atom. The maximum atomic E-state index is 5.82. The Balaban J connectivity index is 2.77. The van der Waals surface area contributed by atoms with E-state index >= 15 is 0 Å². The maximum absolute atomic E-state index is 5.82. The molecule has 0 aliphatic rings. The minimum absolute atomic E-state index is 0.217. The molecule has 1 heterocycles. The highest BCUT2D eigenvalue weighted by atomic mass is 79.9. The van der Waals surface area contributed by atoms with E-state index in [1.807, 2.05) is 13.1 Å². The van der Waals surface area contributed by atoms with Crippen LogP contribution >= 0.6 is 15.9 Å². The highest BCUT2D eigenvalue weighted by molar-refractivity contribution is 9.10. The van der Waals surface area contributed by atoms with E-state index in [1.165, 1.54) is 0 Å². The summed E-state index contributed by atoms with van der Waals surface area (Å²) in [6.45, 7) is 5.00. The average molecular weight is 287 g/mol. The summed E-state index contributed by atoms with van der Waals surface area (Å²) in [5.41, 5.74) is 1.08. The van der Waals surface area contributed by atoms with E-state index in [0.29, 0.717) is 0 Å². The van der Waals surface area contributed by atoms with E-state index in [-0.39, 0.29) is 6.10 Å². The Kier molecular flexibility index (Phi) is 5.77. The van der Waals surface area contributed by atoms with Crippen molar-refractivity contribution in [3.63, 3.8) is 0 Å². The molecule has 16 heavy (non-hydrogen) atoms. The van der Waals surface area contributed by atoms with Gasteiger partial charge in [0.05, 0.1) is 6.10 Å². The fourth-order valence-electron chi connectivity index (χ4n) is 1.55. The molecule has 3 nitrogen and oxygen atoms in total. The van der Waals surface area contributed by atoms with Crippen LogP contribution < -0.4 is 10.1 Å². The lowest BCUT2D eigenvalue weighted by Crippen LogP contribution is -2.15. The number of halogens is 1. The molecule has 1 aromatic heterocycles. The van der Waals surface area contributed by atoms with Gasteiger partial charge in [-0.15, -0.1) is 0 Å². The number of aromatic nitrogens is 1. The Hall–Kier alpha value is -0.610. The zero-order valence-electron chi connectivity index (χ0n) is 10.1. The van der Waals surface area contributed by atoms with Crippen LogP contribution in [0.5, 0.6) is 5.88 Å². The van der Waals surface area contributed by atoms with Crippen molar-refractivity contribution in [2.24, 2.45) is 0 Å². The Morgan fingerprint density at radius 2 is 2.31 bits per heavy atom. The molecule has 0 saturated carbocycles. The smallest absolute Gasteiger partial charge is 0.218 e. The number of hydrogen-bond donors (Lipinski definition) is 1. The monoisotopic (exact) mass is 286 g/mol. The van der Waals surface area contributed by atoms with E-state index in [9.17, 15) is 0 Å². The van der Waals surface area contributed by atoms with E-state index < -0.39 is 0 Å². The highest BCUT2D eigenvalue weighted by Crippen LogP contribution is 2.21. The van der Waals surface area contributed by atoms with Gasteiger partial charge in [-0.25, -0.2) is 4.98 Å². The normalized spacial score (nSPS) is 12.5. The van der Waals surface area contributed by atoms with Gasteiger partial charge in [0, 0.05) is 22.8 Å². The molecule has 1 rings (SSSR count). The molecular weight excluding hydrogens is 268 g/mol. The summed E-state index contributed by atoms with van der Waals surface area (Å²) in [5, 5.41) is 3.12. The second-order valence-electron chi connectivity index (χ2n) is 3.87. The van der Waals surface area contributed by atoms with Crippen LogP contribution in [0.15, 0.2) is 16.7 Å². The fraction of sp³-hybridized carbons (Fsp3) is 0.583. The van der Waals surface area contributed by atoms with Gasteiger partial charge in [-0.05, 0) is 42.4 Å². The lowest BCUT2D eigenvalue weighted by Gasteiger charge is -2.15. The number of hydrogen-bond acceptors (Lipinski definition) is 3. The Bertz CT molecular complexity index is 331. The van der Waals surface area contributed by atoms with Crippen molar-refractivity contribution in [2.45, 2.75) is 39.3 Å². The zero-order valence-corrected chi connectivity index (χ0v) is 11.7. The Morgan fingerprint density at radius 3 is 2.94 bits per heavy atom. The van der Waals surface area contributed by atoms with Crippen LogP contribution in [-0.4, -0.2) is 18.1 Å². The molecule has 0 aromatic carbocycles. The molecule has 90 valence electrons.